The van der Waals surface area contributed by atoms with Gasteiger partial charge in [-0.25, -0.2) is 4.39 Å². The lowest BCUT2D eigenvalue weighted by Gasteiger charge is -2.13. The minimum Gasteiger partial charge on any atom is -0.496 e. The smallest absolute Gasteiger partial charge is 0.164 e. The molecule has 0 saturated heterocycles. The van der Waals surface area contributed by atoms with Crippen molar-refractivity contribution >= 4 is 17.7 Å². The fourth-order valence-corrected chi connectivity index (χ4v) is 2.93. The second kappa shape index (κ2) is 6.40. The molecule has 3 rings (SSSR count). The van der Waals surface area contributed by atoms with Crippen LogP contribution in [-0.2, 0) is 0 Å². The molecular weight excluding hydrogens is 307 g/mol. The number of ether oxygens (including phenoxy) is 3. The third kappa shape index (κ3) is 2.75. The molecule has 0 atom stereocenters. The molecule has 0 amide bonds. The number of halogens is 1. The van der Waals surface area contributed by atoms with Crippen LogP contribution in [0.4, 0.5) is 4.39 Å². The molecule has 3 nitrogen and oxygen atoms in total. The average Bonchev–Trinajstić information content (AvgIpc) is 2.89. The average molecular weight is 326 g/mol. The molecule has 0 aromatic heterocycles. The van der Waals surface area contributed by atoms with E-state index in [9.17, 15) is 4.39 Å². The molecule has 0 spiro atoms. The van der Waals surface area contributed by atoms with Crippen molar-refractivity contribution in [2.45, 2.75) is 6.92 Å². The van der Waals surface area contributed by atoms with Crippen molar-refractivity contribution in [3.05, 3.63) is 58.4 Å². The van der Waals surface area contributed by atoms with Crippen molar-refractivity contribution in [1.82, 2.24) is 0 Å². The maximum Gasteiger partial charge on any atom is 0.164 e. The number of fused-ring (bicyclic) bond motifs is 1. The van der Waals surface area contributed by atoms with Gasteiger partial charge in [0.15, 0.2) is 11.5 Å². The molecule has 1 aliphatic carbocycles. The Labute approximate surface area is 141 Å². The van der Waals surface area contributed by atoms with E-state index >= 15 is 0 Å². The van der Waals surface area contributed by atoms with Crippen LogP contribution in [0.3, 0.4) is 0 Å². The van der Waals surface area contributed by atoms with Crippen molar-refractivity contribution in [1.29, 1.82) is 0 Å². The molecule has 0 fully saturated rings. The molecule has 4 heteroatoms. The Morgan fingerprint density at radius 1 is 0.875 bits per heavy atom. The third-order valence-corrected chi connectivity index (χ3v) is 4.14. The number of hydrogen-bond acceptors (Lipinski definition) is 3. The highest BCUT2D eigenvalue weighted by Gasteiger charge is 2.18. The van der Waals surface area contributed by atoms with Gasteiger partial charge in [-0.3, -0.25) is 0 Å². The molecule has 0 radical (unpaired) electrons. The highest BCUT2D eigenvalue weighted by molar-refractivity contribution is 6.01. The number of allylic oxidation sites excluding steroid dienone is 2. The minimum atomic E-state index is -0.234. The minimum absolute atomic E-state index is 0.234. The maximum atomic E-state index is 13.4. The molecule has 2 aromatic rings. The van der Waals surface area contributed by atoms with E-state index < -0.39 is 0 Å². The van der Waals surface area contributed by atoms with Crippen LogP contribution >= 0.6 is 0 Å². The Morgan fingerprint density at radius 3 is 2.21 bits per heavy atom. The highest BCUT2D eigenvalue weighted by atomic mass is 19.1. The molecule has 124 valence electrons. The molecular formula is C20H19FO3. The molecule has 24 heavy (non-hydrogen) atoms. The predicted molar refractivity (Wildman–Crippen MR) is 94.0 cm³/mol. The monoisotopic (exact) mass is 326 g/mol. The van der Waals surface area contributed by atoms with Gasteiger partial charge in [-0.2, -0.15) is 0 Å². The number of methoxy groups -OCH3 is 3. The van der Waals surface area contributed by atoms with Gasteiger partial charge in [0.2, 0.25) is 0 Å². The number of hydrogen-bond donors (Lipinski definition) is 0. The zero-order valence-electron chi connectivity index (χ0n) is 14.1. The standard InChI is InChI=1S/C20H19FO3/c1-12-7-13-8-15(21)5-6-16(13)17(12)9-14-10-19(23-3)20(24-4)11-18(14)22-2/h5-11H,1-4H3. The summed E-state index contributed by atoms with van der Waals surface area (Å²) < 4.78 is 29.6. The first-order valence-electron chi connectivity index (χ1n) is 7.57. The van der Waals surface area contributed by atoms with Crippen molar-refractivity contribution in [3.63, 3.8) is 0 Å². The van der Waals surface area contributed by atoms with Gasteiger partial charge < -0.3 is 14.2 Å². The number of rotatable bonds is 4. The van der Waals surface area contributed by atoms with Crippen LogP contribution in [0.25, 0.3) is 17.7 Å². The van der Waals surface area contributed by atoms with E-state index in [1.165, 1.54) is 6.07 Å². The summed E-state index contributed by atoms with van der Waals surface area (Å²) in [5, 5.41) is 0. The topological polar surface area (TPSA) is 27.7 Å². The molecule has 0 unspecified atom stereocenters. The van der Waals surface area contributed by atoms with E-state index in [4.69, 9.17) is 14.2 Å². The third-order valence-electron chi connectivity index (χ3n) is 4.14. The van der Waals surface area contributed by atoms with E-state index in [0.29, 0.717) is 17.2 Å². The lowest BCUT2D eigenvalue weighted by atomic mass is 10.00. The Bertz CT molecular complexity index is 850. The summed E-state index contributed by atoms with van der Waals surface area (Å²) in [4.78, 5) is 0. The Kier molecular flexibility index (Phi) is 4.30. The molecule has 0 bridgehead atoms. The van der Waals surface area contributed by atoms with Crippen LogP contribution in [0.5, 0.6) is 17.2 Å². The largest absolute Gasteiger partial charge is 0.496 e. The quantitative estimate of drug-likeness (QED) is 0.807. The van der Waals surface area contributed by atoms with Crippen LogP contribution < -0.4 is 14.2 Å². The van der Waals surface area contributed by atoms with Crippen molar-refractivity contribution in [3.8, 4) is 17.2 Å². The molecule has 0 aliphatic heterocycles. The van der Waals surface area contributed by atoms with Gasteiger partial charge in [0.05, 0.1) is 21.3 Å². The SMILES string of the molecule is COc1cc(OC)c(OC)cc1C=C1C(C)=Cc2cc(F)ccc21. The van der Waals surface area contributed by atoms with Gasteiger partial charge in [-0.15, -0.1) is 0 Å². The summed E-state index contributed by atoms with van der Waals surface area (Å²) in [6.45, 7) is 2.01. The molecule has 0 N–H and O–H groups in total. The summed E-state index contributed by atoms with van der Waals surface area (Å²) in [5.74, 6) is 1.69. The van der Waals surface area contributed by atoms with E-state index in [1.807, 2.05) is 25.1 Å². The van der Waals surface area contributed by atoms with Crippen LogP contribution in [0, 0.1) is 5.82 Å². The second-order valence-electron chi connectivity index (χ2n) is 5.57. The zero-order valence-corrected chi connectivity index (χ0v) is 14.1. The van der Waals surface area contributed by atoms with E-state index in [2.05, 4.69) is 0 Å². The van der Waals surface area contributed by atoms with Crippen molar-refractivity contribution in [2.75, 3.05) is 21.3 Å². The summed E-state index contributed by atoms with van der Waals surface area (Å²) >= 11 is 0. The van der Waals surface area contributed by atoms with Crippen molar-refractivity contribution < 1.29 is 18.6 Å². The Hall–Kier alpha value is -2.75. The Balaban J connectivity index is 2.14. The van der Waals surface area contributed by atoms with Crippen LogP contribution in [0.2, 0.25) is 0 Å². The summed E-state index contributed by atoms with van der Waals surface area (Å²) in [7, 11) is 4.80. The Morgan fingerprint density at radius 2 is 1.54 bits per heavy atom. The maximum absolute atomic E-state index is 13.4. The highest BCUT2D eigenvalue weighted by Crippen LogP contribution is 2.40. The van der Waals surface area contributed by atoms with Gasteiger partial charge in [-0.1, -0.05) is 12.1 Å². The normalized spacial score (nSPS) is 14.4. The first kappa shape index (κ1) is 16.1. The summed E-state index contributed by atoms with van der Waals surface area (Å²) in [6.07, 6.45) is 4.01. The van der Waals surface area contributed by atoms with Gasteiger partial charge >= 0.3 is 0 Å². The fourth-order valence-electron chi connectivity index (χ4n) is 2.93. The second-order valence-corrected chi connectivity index (χ2v) is 5.57. The van der Waals surface area contributed by atoms with Crippen LogP contribution in [0.1, 0.15) is 23.6 Å². The van der Waals surface area contributed by atoms with Gasteiger partial charge in [0, 0.05) is 11.6 Å². The fraction of sp³-hybridized carbons (Fsp3) is 0.200. The van der Waals surface area contributed by atoms with E-state index in [0.717, 1.165) is 27.8 Å². The van der Waals surface area contributed by atoms with Gasteiger partial charge in [0.25, 0.3) is 0 Å². The predicted octanol–water partition coefficient (Wildman–Crippen LogP) is 4.81. The van der Waals surface area contributed by atoms with E-state index in [1.54, 1.807) is 39.5 Å². The first-order chi connectivity index (χ1) is 11.6. The lowest BCUT2D eigenvalue weighted by Crippen LogP contribution is -1.95. The van der Waals surface area contributed by atoms with Gasteiger partial charge in [-0.05, 0) is 53.5 Å². The van der Waals surface area contributed by atoms with Crippen molar-refractivity contribution in [2.24, 2.45) is 0 Å². The number of benzene rings is 2. The van der Waals surface area contributed by atoms with Crippen LogP contribution in [-0.4, -0.2) is 21.3 Å². The zero-order chi connectivity index (χ0) is 17.3. The molecule has 1 aliphatic rings. The van der Waals surface area contributed by atoms with Crippen LogP contribution in [0.15, 0.2) is 35.9 Å². The first-order valence-corrected chi connectivity index (χ1v) is 7.57. The summed E-state index contributed by atoms with van der Waals surface area (Å²) in [6, 6.07) is 8.50. The summed E-state index contributed by atoms with van der Waals surface area (Å²) in [5.41, 5.74) is 4.88. The lowest BCUT2D eigenvalue weighted by molar-refractivity contribution is 0.348. The van der Waals surface area contributed by atoms with E-state index in [-0.39, 0.29) is 5.82 Å². The molecule has 0 saturated carbocycles. The van der Waals surface area contributed by atoms with Gasteiger partial charge in [0.1, 0.15) is 11.6 Å². The molecule has 0 heterocycles. The molecule has 2 aromatic carbocycles.